The summed E-state index contributed by atoms with van der Waals surface area (Å²) < 4.78 is 38.1. The zero-order chi connectivity index (χ0) is 24.8. The fourth-order valence-electron chi connectivity index (χ4n) is 3.79. The van der Waals surface area contributed by atoms with E-state index in [0.717, 1.165) is 24.5 Å². The van der Waals surface area contributed by atoms with E-state index in [2.05, 4.69) is 15.2 Å². The number of morpholine rings is 1. The summed E-state index contributed by atoms with van der Waals surface area (Å²) in [6.07, 6.45) is 1.73. The summed E-state index contributed by atoms with van der Waals surface area (Å²) in [5.74, 6) is 1.07. The third kappa shape index (κ3) is 5.55. The SMILES string of the molecule is COc1ccc(N(C)S(=O)(=O)c2cccc(C(=O)NCc3cccnc3N3CCOCC3)c2)cc1. The fraction of sp³-hybridized carbons (Fsp3) is 0.280. The number of rotatable bonds is 8. The van der Waals surface area contributed by atoms with Crippen molar-refractivity contribution in [1.29, 1.82) is 0 Å². The number of nitrogens with one attached hydrogen (secondary N) is 1. The minimum Gasteiger partial charge on any atom is -0.497 e. The van der Waals surface area contributed by atoms with Crippen LogP contribution in [0.3, 0.4) is 0 Å². The summed E-state index contributed by atoms with van der Waals surface area (Å²) in [6.45, 7) is 3.00. The number of anilines is 2. The maximum Gasteiger partial charge on any atom is 0.264 e. The second kappa shape index (κ2) is 10.7. The van der Waals surface area contributed by atoms with Gasteiger partial charge in [0.05, 0.1) is 30.9 Å². The van der Waals surface area contributed by atoms with Crippen molar-refractivity contribution in [3.63, 3.8) is 0 Å². The molecule has 4 rings (SSSR count). The van der Waals surface area contributed by atoms with Gasteiger partial charge in [-0.3, -0.25) is 9.10 Å². The normalized spacial score (nSPS) is 13.8. The zero-order valence-electron chi connectivity index (χ0n) is 19.7. The lowest BCUT2D eigenvalue weighted by molar-refractivity contribution is 0.0950. The molecule has 1 aromatic heterocycles. The molecule has 3 aromatic rings. The second-order valence-corrected chi connectivity index (χ2v) is 9.94. The van der Waals surface area contributed by atoms with Gasteiger partial charge in [0, 0.05) is 44.0 Å². The van der Waals surface area contributed by atoms with Gasteiger partial charge in [-0.15, -0.1) is 0 Å². The summed E-state index contributed by atoms with van der Waals surface area (Å²) in [4.78, 5) is 19.6. The molecule has 0 unspecified atom stereocenters. The van der Waals surface area contributed by atoms with Crippen molar-refractivity contribution in [2.24, 2.45) is 0 Å². The molecule has 184 valence electrons. The highest BCUT2D eigenvalue weighted by atomic mass is 32.2. The van der Waals surface area contributed by atoms with Crippen LogP contribution >= 0.6 is 0 Å². The number of aromatic nitrogens is 1. The van der Waals surface area contributed by atoms with Gasteiger partial charge in [0.15, 0.2) is 0 Å². The Kier molecular flexibility index (Phi) is 7.52. The number of ether oxygens (including phenoxy) is 2. The maximum atomic E-state index is 13.2. The number of amides is 1. The molecular formula is C25H28N4O5S. The van der Waals surface area contributed by atoms with E-state index in [9.17, 15) is 13.2 Å². The molecule has 9 nitrogen and oxygen atoms in total. The van der Waals surface area contributed by atoms with E-state index < -0.39 is 10.0 Å². The van der Waals surface area contributed by atoms with E-state index in [4.69, 9.17) is 9.47 Å². The lowest BCUT2D eigenvalue weighted by Gasteiger charge is -2.29. The molecule has 1 aliphatic rings. The van der Waals surface area contributed by atoms with Gasteiger partial charge in [0.2, 0.25) is 0 Å². The molecule has 0 saturated carbocycles. The van der Waals surface area contributed by atoms with E-state index >= 15 is 0 Å². The van der Waals surface area contributed by atoms with Crippen LogP contribution in [-0.4, -0.2) is 59.8 Å². The highest BCUT2D eigenvalue weighted by Gasteiger charge is 2.23. The van der Waals surface area contributed by atoms with Crippen molar-refractivity contribution in [1.82, 2.24) is 10.3 Å². The minimum absolute atomic E-state index is 0.0267. The van der Waals surface area contributed by atoms with Crippen LogP contribution in [0.2, 0.25) is 0 Å². The number of benzene rings is 2. The van der Waals surface area contributed by atoms with Crippen LogP contribution in [0.4, 0.5) is 11.5 Å². The Bertz CT molecular complexity index is 1280. The molecule has 1 saturated heterocycles. The van der Waals surface area contributed by atoms with Crippen LogP contribution in [0.5, 0.6) is 5.75 Å². The smallest absolute Gasteiger partial charge is 0.264 e. The zero-order valence-corrected chi connectivity index (χ0v) is 20.5. The summed E-state index contributed by atoms with van der Waals surface area (Å²) in [5, 5.41) is 2.89. The van der Waals surface area contributed by atoms with Gasteiger partial charge in [-0.25, -0.2) is 13.4 Å². The van der Waals surface area contributed by atoms with Crippen LogP contribution in [0.1, 0.15) is 15.9 Å². The number of sulfonamides is 1. The molecule has 10 heteroatoms. The Morgan fingerprint density at radius 2 is 1.86 bits per heavy atom. The van der Waals surface area contributed by atoms with E-state index in [0.29, 0.717) is 24.7 Å². The number of carbonyl (C=O) groups excluding carboxylic acids is 1. The van der Waals surface area contributed by atoms with E-state index in [1.54, 1.807) is 49.7 Å². The first-order chi connectivity index (χ1) is 16.9. The molecule has 1 amide bonds. The highest BCUT2D eigenvalue weighted by Crippen LogP contribution is 2.25. The molecule has 2 aromatic carbocycles. The average Bonchev–Trinajstić information content (AvgIpc) is 2.92. The van der Waals surface area contributed by atoms with E-state index in [-0.39, 0.29) is 22.9 Å². The number of carbonyl (C=O) groups is 1. The minimum atomic E-state index is -3.87. The molecular weight excluding hydrogens is 468 g/mol. The van der Waals surface area contributed by atoms with Crippen molar-refractivity contribution in [2.45, 2.75) is 11.4 Å². The Balaban J connectivity index is 1.48. The fourth-order valence-corrected chi connectivity index (χ4v) is 5.03. The highest BCUT2D eigenvalue weighted by molar-refractivity contribution is 7.92. The van der Waals surface area contributed by atoms with Gasteiger partial charge in [-0.2, -0.15) is 0 Å². The summed E-state index contributed by atoms with van der Waals surface area (Å²) in [5.41, 5.74) is 1.62. The Labute approximate surface area is 205 Å². The van der Waals surface area contributed by atoms with Crippen molar-refractivity contribution in [3.05, 3.63) is 78.0 Å². The third-order valence-corrected chi connectivity index (χ3v) is 7.59. The van der Waals surface area contributed by atoms with Gasteiger partial charge >= 0.3 is 0 Å². The summed E-state index contributed by atoms with van der Waals surface area (Å²) in [6, 6.07) is 16.5. The molecule has 35 heavy (non-hydrogen) atoms. The van der Waals surface area contributed by atoms with Crippen LogP contribution in [0, 0.1) is 0 Å². The molecule has 0 radical (unpaired) electrons. The quantitative estimate of drug-likeness (QED) is 0.512. The van der Waals surface area contributed by atoms with Gasteiger partial charge in [-0.1, -0.05) is 12.1 Å². The number of methoxy groups -OCH3 is 1. The maximum absolute atomic E-state index is 13.2. The molecule has 1 aliphatic heterocycles. The lowest BCUT2D eigenvalue weighted by atomic mass is 10.2. The van der Waals surface area contributed by atoms with Crippen molar-refractivity contribution < 1.29 is 22.7 Å². The molecule has 0 spiro atoms. The summed E-state index contributed by atoms with van der Waals surface area (Å²) in [7, 11) is -0.855. The third-order valence-electron chi connectivity index (χ3n) is 5.81. The average molecular weight is 497 g/mol. The van der Waals surface area contributed by atoms with Crippen molar-refractivity contribution in [2.75, 3.05) is 49.7 Å². The summed E-state index contributed by atoms with van der Waals surface area (Å²) >= 11 is 0. The Morgan fingerprint density at radius 3 is 2.57 bits per heavy atom. The predicted molar refractivity (Wildman–Crippen MR) is 133 cm³/mol. The molecule has 1 N–H and O–H groups in total. The number of hydrogen-bond donors (Lipinski definition) is 1. The topological polar surface area (TPSA) is 101 Å². The van der Waals surface area contributed by atoms with Crippen LogP contribution in [0.15, 0.2) is 71.8 Å². The predicted octanol–water partition coefficient (Wildman–Crippen LogP) is 2.68. The molecule has 2 heterocycles. The first-order valence-electron chi connectivity index (χ1n) is 11.2. The number of hydrogen-bond acceptors (Lipinski definition) is 7. The first kappa shape index (κ1) is 24.5. The molecule has 1 fully saturated rings. The monoisotopic (exact) mass is 496 g/mol. The Hall–Kier alpha value is -3.63. The van der Waals surface area contributed by atoms with Crippen LogP contribution in [-0.2, 0) is 21.3 Å². The molecule has 0 aliphatic carbocycles. The van der Waals surface area contributed by atoms with Gasteiger partial charge in [0.25, 0.3) is 15.9 Å². The molecule has 0 atom stereocenters. The number of nitrogens with zero attached hydrogens (tertiary/aromatic N) is 3. The largest absolute Gasteiger partial charge is 0.497 e. The number of pyridine rings is 1. The van der Waals surface area contributed by atoms with E-state index in [1.807, 2.05) is 12.1 Å². The van der Waals surface area contributed by atoms with Crippen molar-refractivity contribution in [3.8, 4) is 5.75 Å². The first-order valence-corrected chi connectivity index (χ1v) is 12.6. The van der Waals surface area contributed by atoms with Gasteiger partial charge < -0.3 is 19.7 Å². The molecule has 0 bridgehead atoms. The van der Waals surface area contributed by atoms with Gasteiger partial charge in [-0.05, 0) is 48.5 Å². The Morgan fingerprint density at radius 1 is 1.11 bits per heavy atom. The lowest BCUT2D eigenvalue weighted by Crippen LogP contribution is -2.37. The van der Waals surface area contributed by atoms with Crippen molar-refractivity contribution >= 4 is 27.4 Å². The van der Waals surface area contributed by atoms with Crippen LogP contribution in [0.25, 0.3) is 0 Å². The van der Waals surface area contributed by atoms with Gasteiger partial charge in [0.1, 0.15) is 11.6 Å². The second-order valence-electron chi connectivity index (χ2n) is 7.97. The van der Waals surface area contributed by atoms with Crippen LogP contribution < -0.4 is 19.3 Å². The van der Waals surface area contributed by atoms with E-state index in [1.165, 1.54) is 23.5 Å². The standard InChI is InChI=1S/C25H28N4O5S/c1-28(21-8-10-22(33-2)11-9-21)35(31,32)23-7-3-5-19(17-23)25(30)27-18-20-6-4-12-26-24(20)29-13-15-34-16-14-29/h3-12,17H,13-16,18H2,1-2H3,(H,27,30).